The molecule has 0 saturated carbocycles. The van der Waals surface area contributed by atoms with Crippen LogP contribution in [0.1, 0.15) is 33.5 Å². The molecular weight excluding hydrogens is 406 g/mol. The number of carbonyl (C=O) groups excluding carboxylic acids is 1. The first-order valence-electron chi connectivity index (χ1n) is 10.1. The van der Waals surface area contributed by atoms with Gasteiger partial charge in [0.1, 0.15) is 29.1 Å². The van der Waals surface area contributed by atoms with Crippen molar-refractivity contribution in [1.82, 2.24) is 24.6 Å². The van der Waals surface area contributed by atoms with Crippen LogP contribution < -0.4 is 14.8 Å². The molecule has 2 aromatic heterocycles. The number of carbonyl (C=O) groups is 1. The second-order valence-corrected chi connectivity index (χ2v) is 7.40. The lowest BCUT2D eigenvalue weighted by molar-refractivity contribution is 0.0935. The Bertz CT molecular complexity index is 1230. The lowest BCUT2D eigenvalue weighted by Gasteiger charge is -2.19. The van der Waals surface area contributed by atoms with Crippen molar-refractivity contribution in [3.05, 3.63) is 89.8 Å². The molecule has 0 fully saturated rings. The van der Waals surface area contributed by atoms with Gasteiger partial charge < -0.3 is 19.4 Å². The summed E-state index contributed by atoms with van der Waals surface area (Å²) in [5.74, 6) is 1.82. The summed E-state index contributed by atoms with van der Waals surface area (Å²) >= 11 is 0. The largest absolute Gasteiger partial charge is 0.497 e. The summed E-state index contributed by atoms with van der Waals surface area (Å²) in [6.45, 7) is 1.99. The predicted molar refractivity (Wildman–Crippen MR) is 120 cm³/mol. The Morgan fingerprint density at radius 3 is 2.47 bits per heavy atom. The Hall–Kier alpha value is -4.07. The maximum atomic E-state index is 13.1. The minimum Gasteiger partial charge on any atom is -0.497 e. The summed E-state index contributed by atoms with van der Waals surface area (Å²) < 4.78 is 14.2. The molecule has 2 heterocycles. The van der Waals surface area contributed by atoms with E-state index in [4.69, 9.17) is 9.47 Å². The number of rotatable bonds is 7. The third kappa shape index (κ3) is 4.20. The van der Waals surface area contributed by atoms with Crippen LogP contribution in [0.5, 0.6) is 11.5 Å². The molecule has 4 rings (SSSR count). The van der Waals surface area contributed by atoms with Crippen LogP contribution in [0.15, 0.2) is 67.1 Å². The van der Waals surface area contributed by atoms with Gasteiger partial charge in [0.05, 0.1) is 14.2 Å². The molecule has 0 radical (unpaired) electrons. The van der Waals surface area contributed by atoms with Crippen LogP contribution in [0.3, 0.4) is 0 Å². The van der Waals surface area contributed by atoms with Crippen molar-refractivity contribution in [2.24, 2.45) is 7.05 Å². The number of nitrogens with one attached hydrogen (secondary N) is 1. The summed E-state index contributed by atoms with van der Waals surface area (Å²) in [6.07, 6.45) is 5.29. The number of methoxy groups -OCH3 is 2. The Labute approximate surface area is 186 Å². The van der Waals surface area contributed by atoms with Gasteiger partial charge in [-0.3, -0.25) is 4.79 Å². The van der Waals surface area contributed by atoms with Crippen molar-refractivity contribution >= 4 is 5.91 Å². The van der Waals surface area contributed by atoms with Crippen LogP contribution >= 0.6 is 0 Å². The molecule has 0 bridgehead atoms. The first-order valence-corrected chi connectivity index (χ1v) is 10.1. The Morgan fingerprint density at radius 2 is 1.81 bits per heavy atom. The first kappa shape index (κ1) is 21.2. The van der Waals surface area contributed by atoms with Crippen molar-refractivity contribution < 1.29 is 14.3 Å². The predicted octanol–water partition coefficient (Wildman–Crippen LogP) is 3.45. The van der Waals surface area contributed by atoms with Crippen molar-refractivity contribution in [2.45, 2.75) is 13.0 Å². The van der Waals surface area contributed by atoms with E-state index in [1.54, 1.807) is 37.4 Å². The van der Waals surface area contributed by atoms with Crippen LogP contribution in [0.4, 0.5) is 0 Å². The molecule has 164 valence electrons. The first-order chi connectivity index (χ1) is 15.5. The fourth-order valence-corrected chi connectivity index (χ4v) is 3.51. The number of hydrogen-bond acceptors (Lipinski definition) is 5. The van der Waals surface area contributed by atoms with Gasteiger partial charge in [0.15, 0.2) is 5.69 Å². The van der Waals surface area contributed by atoms with Crippen LogP contribution in [0.2, 0.25) is 0 Å². The Morgan fingerprint density at radius 1 is 1.03 bits per heavy atom. The fourth-order valence-electron chi connectivity index (χ4n) is 3.51. The molecule has 8 nitrogen and oxygen atoms in total. The van der Waals surface area contributed by atoms with Gasteiger partial charge in [-0.05, 0) is 48.4 Å². The Balaban J connectivity index is 1.63. The summed E-state index contributed by atoms with van der Waals surface area (Å²) in [5.41, 5.74) is 3.01. The molecule has 0 aliphatic heterocycles. The van der Waals surface area contributed by atoms with Gasteiger partial charge >= 0.3 is 0 Å². The number of hydrogen-bond donors (Lipinski definition) is 1. The average Bonchev–Trinajstić information content (AvgIpc) is 3.47. The monoisotopic (exact) mass is 431 g/mol. The quantitative estimate of drug-likeness (QED) is 0.485. The third-order valence-corrected chi connectivity index (χ3v) is 5.24. The number of benzene rings is 2. The highest BCUT2D eigenvalue weighted by molar-refractivity contribution is 5.92. The normalized spacial score (nSPS) is 11.8. The van der Waals surface area contributed by atoms with Gasteiger partial charge in [0.25, 0.3) is 5.91 Å². The van der Waals surface area contributed by atoms with Crippen molar-refractivity contribution in [2.75, 3.05) is 14.2 Å². The van der Waals surface area contributed by atoms with Gasteiger partial charge in [-0.25, -0.2) is 9.67 Å². The maximum absolute atomic E-state index is 13.1. The fraction of sp³-hybridized carbons (Fsp3) is 0.208. The van der Waals surface area contributed by atoms with E-state index in [-0.39, 0.29) is 5.91 Å². The zero-order valence-corrected chi connectivity index (χ0v) is 18.4. The zero-order valence-electron chi connectivity index (χ0n) is 18.4. The highest BCUT2D eigenvalue weighted by Gasteiger charge is 2.23. The molecule has 0 spiro atoms. The van der Waals surface area contributed by atoms with Crippen molar-refractivity contribution in [3.8, 4) is 17.2 Å². The number of imidazole rings is 1. The third-order valence-electron chi connectivity index (χ3n) is 5.24. The van der Waals surface area contributed by atoms with Crippen LogP contribution in [-0.2, 0) is 7.05 Å². The standard InChI is InChI=1S/C24H25N5O3/c1-16-5-10-21(32-4)20(15-16)29-13-11-19(27-29)24(30)26-22(23-25-12-14-28(23)2)17-6-8-18(31-3)9-7-17/h5-15,22H,1-4H3,(H,26,30). The van der Waals surface area contributed by atoms with Gasteiger partial charge in [-0.1, -0.05) is 18.2 Å². The molecule has 0 aliphatic carbocycles. The van der Waals surface area contributed by atoms with Gasteiger partial charge in [-0.2, -0.15) is 5.10 Å². The molecule has 0 saturated heterocycles. The smallest absolute Gasteiger partial charge is 0.272 e. The van der Waals surface area contributed by atoms with E-state index in [2.05, 4.69) is 15.4 Å². The number of amides is 1. The second-order valence-electron chi connectivity index (χ2n) is 7.40. The molecule has 8 heteroatoms. The van der Waals surface area contributed by atoms with Crippen LogP contribution in [0.25, 0.3) is 5.69 Å². The topological polar surface area (TPSA) is 83.2 Å². The number of nitrogens with zero attached hydrogens (tertiary/aromatic N) is 4. The van der Waals surface area contributed by atoms with E-state index in [0.717, 1.165) is 22.6 Å². The molecule has 1 unspecified atom stereocenters. The van der Waals surface area contributed by atoms with Gasteiger partial charge in [0.2, 0.25) is 0 Å². The molecule has 2 aromatic carbocycles. The number of aryl methyl sites for hydroxylation is 2. The highest BCUT2D eigenvalue weighted by atomic mass is 16.5. The molecule has 1 N–H and O–H groups in total. The molecular formula is C24H25N5O3. The minimum absolute atomic E-state index is 0.293. The average molecular weight is 431 g/mol. The van der Waals surface area contributed by atoms with Gasteiger partial charge in [0, 0.05) is 25.6 Å². The maximum Gasteiger partial charge on any atom is 0.272 e. The lowest BCUT2D eigenvalue weighted by Crippen LogP contribution is -2.31. The summed E-state index contributed by atoms with van der Waals surface area (Å²) in [7, 11) is 5.12. The molecule has 32 heavy (non-hydrogen) atoms. The summed E-state index contributed by atoms with van der Waals surface area (Å²) in [4.78, 5) is 17.6. The minimum atomic E-state index is -0.452. The van der Waals surface area contributed by atoms with E-state index < -0.39 is 6.04 Å². The lowest BCUT2D eigenvalue weighted by atomic mass is 10.1. The van der Waals surface area contributed by atoms with Gasteiger partial charge in [-0.15, -0.1) is 0 Å². The molecule has 0 aliphatic rings. The zero-order chi connectivity index (χ0) is 22.7. The molecule has 1 amide bonds. The number of ether oxygens (including phenoxy) is 2. The van der Waals surface area contributed by atoms with E-state index in [9.17, 15) is 4.79 Å². The molecule has 4 aromatic rings. The van der Waals surface area contributed by atoms with E-state index in [1.807, 2.05) is 67.2 Å². The van der Waals surface area contributed by atoms with E-state index in [1.165, 1.54) is 0 Å². The van der Waals surface area contributed by atoms with Crippen LogP contribution in [0, 0.1) is 6.92 Å². The highest BCUT2D eigenvalue weighted by Crippen LogP contribution is 2.25. The molecule has 1 atom stereocenters. The second kappa shape index (κ2) is 8.97. The summed E-state index contributed by atoms with van der Waals surface area (Å²) in [5, 5.41) is 7.55. The summed E-state index contributed by atoms with van der Waals surface area (Å²) in [6, 6.07) is 14.6. The van der Waals surface area contributed by atoms with Crippen molar-refractivity contribution in [1.29, 1.82) is 0 Å². The van der Waals surface area contributed by atoms with Crippen LogP contribution in [-0.4, -0.2) is 39.5 Å². The van der Waals surface area contributed by atoms with Crippen molar-refractivity contribution in [3.63, 3.8) is 0 Å². The van der Waals surface area contributed by atoms with E-state index >= 15 is 0 Å². The SMILES string of the molecule is COc1ccc(C(NC(=O)c2ccn(-c3cc(C)ccc3OC)n2)c2nccn2C)cc1. The Kier molecular flexibility index (Phi) is 5.93. The number of aromatic nitrogens is 4. The van der Waals surface area contributed by atoms with E-state index in [0.29, 0.717) is 17.3 Å².